The van der Waals surface area contributed by atoms with E-state index in [1.54, 1.807) is 42.2 Å². The van der Waals surface area contributed by atoms with E-state index < -0.39 is 6.10 Å². The Kier molecular flexibility index (Phi) is 5.47. The van der Waals surface area contributed by atoms with Gasteiger partial charge < -0.3 is 10.1 Å². The predicted molar refractivity (Wildman–Crippen MR) is 99.2 cm³/mol. The van der Waals surface area contributed by atoms with Crippen LogP contribution in [0.4, 0.5) is 0 Å². The average Bonchev–Trinajstić information content (AvgIpc) is 3.23. The molecule has 1 heterocycles. The molecule has 0 saturated carbocycles. The van der Waals surface area contributed by atoms with Gasteiger partial charge in [-0.15, -0.1) is 0 Å². The van der Waals surface area contributed by atoms with Crippen LogP contribution in [0.25, 0.3) is 5.69 Å². The van der Waals surface area contributed by atoms with E-state index in [9.17, 15) is 4.79 Å². The lowest BCUT2D eigenvalue weighted by Gasteiger charge is -2.19. The third kappa shape index (κ3) is 4.50. The molecule has 0 fully saturated rings. The Morgan fingerprint density at radius 1 is 1.15 bits per heavy atom. The molecule has 0 spiro atoms. The number of benzene rings is 2. The maximum atomic E-state index is 12.4. The third-order valence-electron chi connectivity index (χ3n) is 4.10. The van der Waals surface area contributed by atoms with Crippen molar-refractivity contribution in [1.29, 1.82) is 5.26 Å². The molecule has 0 bridgehead atoms. The quantitative estimate of drug-likeness (QED) is 0.729. The molecule has 1 amide bonds. The maximum absolute atomic E-state index is 12.4. The van der Waals surface area contributed by atoms with Crippen molar-refractivity contribution in [3.05, 3.63) is 72.3 Å². The zero-order chi connectivity index (χ0) is 19.2. The van der Waals surface area contributed by atoms with Gasteiger partial charge in [0.15, 0.2) is 6.10 Å². The lowest BCUT2D eigenvalue weighted by Crippen LogP contribution is -2.37. The number of hydrogen-bond donors (Lipinski definition) is 1. The molecule has 0 aliphatic heterocycles. The van der Waals surface area contributed by atoms with Gasteiger partial charge in [0.1, 0.15) is 18.4 Å². The molecule has 0 aliphatic rings. The summed E-state index contributed by atoms with van der Waals surface area (Å²) in [4.78, 5) is 16.3. The molecule has 136 valence electrons. The van der Waals surface area contributed by atoms with Gasteiger partial charge in [-0.05, 0) is 55.8 Å². The number of amides is 1. The highest BCUT2D eigenvalue weighted by atomic mass is 16.5. The average molecular weight is 361 g/mol. The summed E-state index contributed by atoms with van der Waals surface area (Å²) in [6.07, 6.45) is 2.45. The Balaban J connectivity index is 1.58. The largest absolute Gasteiger partial charge is 0.481 e. The highest BCUT2D eigenvalue weighted by molar-refractivity contribution is 5.81. The fraction of sp³-hybridized carbons (Fsp3) is 0.200. The first kappa shape index (κ1) is 18.1. The summed E-state index contributed by atoms with van der Waals surface area (Å²) in [7, 11) is 0. The second kappa shape index (κ2) is 8.15. The summed E-state index contributed by atoms with van der Waals surface area (Å²) >= 11 is 0. The van der Waals surface area contributed by atoms with Gasteiger partial charge in [-0.25, -0.2) is 9.67 Å². The molecule has 27 heavy (non-hydrogen) atoms. The number of ether oxygens (including phenoxy) is 1. The maximum Gasteiger partial charge on any atom is 0.261 e. The van der Waals surface area contributed by atoms with Crippen LogP contribution in [0, 0.1) is 11.3 Å². The third-order valence-corrected chi connectivity index (χ3v) is 4.10. The van der Waals surface area contributed by atoms with Crippen LogP contribution < -0.4 is 10.1 Å². The van der Waals surface area contributed by atoms with Gasteiger partial charge in [-0.1, -0.05) is 12.1 Å². The first-order valence-corrected chi connectivity index (χ1v) is 8.49. The van der Waals surface area contributed by atoms with Gasteiger partial charge >= 0.3 is 0 Å². The molecule has 2 aromatic carbocycles. The number of rotatable bonds is 6. The molecule has 0 unspecified atom stereocenters. The Morgan fingerprint density at radius 2 is 1.85 bits per heavy atom. The van der Waals surface area contributed by atoms with Gasteiger partial charge in [-0.3, -0.25) is 4.79 Å². The van der Waals surface area contributed by atoms with E-state index in [1.807, 2.05) is 37.3 Å². The lowest BCUT2D eigenvalue weighted by atomic mass is 10.1. The molecule has 1 N–H and O–H groups in total. The Labute approximate surface area is 157 Å². The van der Waals surface area contributed by atoms with Crippen LogP contribution in [-0.2, 0) is 4.79 Å². The summed E-state index contributed by atoms with van der Waals surface area (Å²) < 4.78 is 7.31. The van der Waals surface area contributed by atoms with Crippen LogP contribution in [-0.4, -0.2) is 26.8 Å². The summed E-state index contributed by atoms with van der Waals surface area (Å²) in [6.45, 7) is 3.60. The number of carbonyl (C=O) groups is 1. The number of hydrogen-bond acceptors (Lipinski definition) is 5. The van der Waals surface area contributed by atoms with E-state index in [-0.39, 0.29) is 11.9 Å². The molecular formula is C20H19N5O2. The smallest absolute Gasteiger partial charge is 0.261 e. The van der Waals surface area contributed by atoms with E-state index in [0.717, 1.165) is 11.3 Å². The predicted octanol–water partition coefficient (Wildman–Crippen LogP) is 2.78. The lowest BCUT2D eigenvalue weighted by molar-refractivity contribution is -0.127. The van der Waals surface area contributed by atoms with E-state index in [2.05, 4.69) is 15.4 Å². The van der Waals surface area contributed by atoms with Crippen molar-refractivity contribution in [2.24, 2.45) is 0 Å². The molecular weight excluding hydrogens is 342 g/mol. The monoisotopic (exact) mass is 361 g/mol. The van der Waals surface area contributed by atoms with Crippen LogP contribution in [0.2, 0.25) is 0 Å². The molecule has 1 aromatic heterocycles. The molecule has 7 heteroatoms. The van der Waals surface area contributed by atoms with Crippen molar-refractivity contribution < 1.29 is 9.53 Å². The minimum atomic E-state index is -0.658. The van der Waals surface area contributed by atoms with Crippen LogP contribution in [0.3, 0.4) is 0 Å². The molecule has 2 atom stereocenters. The Hall–Kier alpha value is -3.66. The Morgan fingerprint density at radius 3 is 2.44 bits per heavy atom. The second-order valence-electron chi connectivity index (χ2n) is 6.06. The zero-order valence-corrected chi connectivity index (χ0v) is 15.0. The standard InChI is InChI=1S/C20H19N5O2/c1-14(17-5-7-18(8-6-17)25-13-22-12-23-25)24-20(26)15(2)27-19-9-3-16(11-21)4-10-19/h3-10,12-15H,1-2H3,(H,24,26)/t14-,15+/m1/s1. The van der Waals surface area contributed by atoms with E-state index in [0.29, 0.717) is 11.3 Å². The van der Waals surface area contributed by atoms with Gasteiger partial charge in [0.25, 0.3) is 5.91 Å². The summed E-state index contributed by atoms with van der Waals surface area (Å²) in [6, 6.07) is 16.2. The van der Waals surface area contributed by atoms with Crippen molar-refractivity contribution in [3.63, 3.8) is 0 Å². The molecule has 3 rings (SSSR count). The van der Waals surface area contributed by atoms with Crippen LogP contribution in [0.1, 0.15) is 31.0 Å². The fourth-order valence-corrected chi connectivity index (χ4v) is 2.54. The second-order valence-corrected chi connectivity index (χ2v) is 6.06. The molecule has 0 aliphatic carbocycles. The Bertz CT molecular complexity index is 928. The van der Waals surface area contributed by atoms with Gasteiger partial charge in [0.2, 0.25) is 0 Å². The zero-order valence-electron chi connectivity index (χ0n) is 15.0. The highest BCUT2D eigenvalue weighted by Gasteiger charge is 2.18. The topological polar surface area (TPSA) is 92.8 Å². The van der Waals surface area contributed by atoms with E-state index in [4.69, 9.17) is 10.00 Å². The first-order chi connectivity index (χ1) is 13.1. The normalized spacial score (nSPS) is 12.6. The number of nitriles is 1. The number of nitrogens with zero attached hydrogens (tertiary/aromatic N) is 4. The van der Waals surface area contributed by atoms with Crippen LogP contribution in [0.5, 0.6) is 5.75 Å². The highest BCUT2D eigenvalue weighted by Crippen LogP contribution is 2.17. The minimum Gasteiger partial charge on any atom is -0.481 e. The summed E-state index contributed by atoms with van der Waals surface area (Å²) in [5.41, 5.74) is 2.41. The number of nitrogens with one attached hydrogen (secondary N) is 1. The SMILES string of the molecule is C[C@H](Oc1ccc(C#N)cc1)C(=O)N[C@H](C)c1ccc(-n2cncn2)cc1. The van der Waals surface area contributed by atoms with E-state index in [1.165, 1.54) is 6.33 Å². The fourth-order valence-electron chi connectivity index (χ4n) is 2.54. The van der Waals surface area contributed by atoms with Crippen molar-refractivity contribution in [3.8, 4) is 17.5 Å². The summed E-state index contributed by atoms with van der Waals surface area (Å²) in [5, 5.41) is 15.8. The van der Waals surface area contributed by atoms with Crippen LogP contribution >= 0.6 is 0 Å². The van der Waals surface area contributed by atoms with Gasteiger partial charge in [-0.2, -0.15) is 10.4 Å². The van der Waals surface area contributed by atoms with Crippen molar-refractivity contribution in [2.75, 3.05) is 0 Å². The number of carbonyl (C=O) groups excluding carboxylic acids is 1. The molecule has 0 saturated heterocycles. The number of aromatic nitrogens is 3. The van der Waals surface area contributed by atoms with Crippen molar-refractivity contribution >= 4 is 5.91 Å². The van der Waals surface area contributed by atoms with E-state index >= 15 is 0 Å². The van der Waals surface area contributed by atoms with Crippen LogP contribution in [0.15, 0.2) is 61.2 Å². The molecule has 3 aromatic rings. The van der Waals surface area contributed by atoms with Crippen molar-refractivity contribution in [2.45, 2.75) is 26.0 Å². The molecule has 7 nitrogen and oxygen atoms in total. The minimum absolute atomic E-state index is 0.172. The summed E-state index contributed by atoms with van der Waals surface area (Å²) in [5.74, 6) is 0.328. The molecule has 0 radical (unpaired) electrons. The van der Waals surface area contributed by atoms with Gasteiger partial charge in [0, 0.05) is 0 Å². The first-order valence-electron chi connectivity index (χ1n) is 8.49. The van der Waals surface area contributed by atoms with Gasteiger partial charge in [0.05, 0.1) is 23.4 Å². The van der Waals surface area contributed by atoms with Crippen molar-refractivity contribution in [1.82, 2.24) is 20.1 Å².